The van der Waals surface area contributed by atoms with E-state index in [4.69, 9.17) is 5.10 Å². The maximum absolute atomic E-state index is 13.6. The molecule has 0 saturated heterocycles. The van der Waals surface area contributed by atoms with E-state index in [0.29, 0.717) is 12.4 Å². The third-order valence-electron chi connectivity index (χ3n) is 8.86. The number of hydrogen-bond donors (Lipinski definition) is 2. The van der Waals surface area contributed by atoms with Crippen molar-refractivity contribution in [1.82, 2.24) is 20.0 Å². The standard InChI is InChI=1S/C32H39N5O2/c1-2-3-14-36(31(39)34-32-19-23-15-24(20-32)17-25(16-23)21-32)22-30(38)33-29-18-28(26-10-6-4-7-11-26)35-37(29)27-12-8-5-9-13-27/h4-13,18,23-25H,2-3,14-17,19-22H2,1H3,(H,33,38)(H,34,39). The third-order valence-corrected chi connectivity index (χ3v) is 8.86. The molecule has 4 fully saturated rings. The molecule has 7 nitrogen and oxygen atoms in total. The van der Waals surface area contributed by atoms with Crippen LogP contribution in [0, 0.1) is 17.8 Å². The molecule has 3 amide bonds. The number of para-hydroxylation sites is 1. The SMILES string of the molecule is CCCCN(CC(=O)Nc1cc(-c2ccccc2)nn1-c1ccccc1)C(=O)NC12CC3CC(CC(C3)C1)C2. The van der Waals surface area contributed by atoms with Crippen LogP contribution in [-0.2, 0) is 4.79 Å². The molecule has 1 heterocycles. The molecular weight excluding hydrogens is 486 g/mol. The van der Waals surface area contributed by atoms with Crippen molar-refractivity contribution in [2.24, 2.45) is 17.8 Å². The van der Waals surface area contributed by atoms with Crippen molar-refractivity contribution in [3.05, 3.63) is 66.7 Å². The highest BCUT2D eigenvalue weighted by Crippen LogP contribution is 2.55. The molecule has 4 aliphatic carbocycles. The van der Waals surface area contributed by atoms with Crippen LogP contribution in [0.25, 0.3) is 16.9 Å². The lowest BCUT2D eigenvalue weighted by atomic mass is 9.53. The molecule has 3 aromatic rings. The number of aromatic nitrogens is 2. The molecule has 0 atom stereocenters. The maximum atomic E-state index is 13.6. The van der Waals surface area contributed by atoms with Crippen molar-refractivity contribution in [3.63, 3.8) is 0 Å². The molecule has 1 aromatic heterocycles. The summed E-state index contributed by atoms with van der Waals surface area (Å²) in [6, 6.07) is 21.5. The van der Waals surface area contributed by atoms with Crippen LogP contribution in [0.2, 0.25) is 0 Å². The number of rotatable bonds is 9. The molecule has 7 heteroatoms. The van der Waals surface area contributed by atoms with Crippen LogP contribution >= 0.6 is 0 Å². The van der Waals surface area contributed by atoms with Gasteiger partial charge in [0.25, 0.3) is 0 Å². The topological polar surface area (TPSA) is 79.3 Å². The lowest BCUT2D eigenvalue weighted by molar-refractivity contribution is -0.116. The van der Waals surface area contributed by atoms with E-state index >= 15 is 0 Å². The second-order valence-corrected chi connectivity index (χ2v) is 12.0. The Morgan fingerprint density at radius 2 is 1.56 bits per heavy atom. The fraction of sp³-hybridized carbons (Fsp3) is 0.469. The highest BCUT2D eigenvalue weighted by molar-refractivity contribution is 5.94. The molecule has 39 heavy (non-hydrogen) atoms. The predicted molar refractivity (Wildman–Crippen MR) is 154 cm³/mol. The molecule has 4 aliphatic rings. The maximum Gasteiger partial charge on any atom is 0.318 e. The third kappa shape index (κ3) is 5.58. The summed E-state index contributed by atoms with van der Waals surface area (Å²) in [5, 5.41) is 11.3. The van der Waals surface area contributed by atoms with Gasteiger partial charge in [-0.3, -0.25) is 4.79 Å². The largest absolute Gasteiger partial charge is 0.333 e. The van der Waals surface area contributed by atoms with Crippen molar-refractivity contribution in [1.29, 1.82) is 0 Å². The Balaban J connectivity index is 1.19. The normalized spacial score (nSPS) is 24.9. The van der Waals surface area contributed by atoms with Gasteiger partial charge < -0.3 is 15.5 Å². The van der Waals surface area contributed by atoms with E-state index in [9.17, 15) is 9.59 Å². The van der Waals surface area contributed by atoms with E-state index in [1.807, 2.05) is 66.7 Å². The molecule has 0 aliphatic heterocycles. The number of urea groups is 1. The fourth-order valence-electron chi connectivity index (χ4n) is 7.51. The van der Waals surface area contributed by atoms with Crippen LogP contribution in [0.4, 0.5) is 10.6 Å². The average Bonchev–Trinajstić information content (AvgIpc) is 3.34. The van der Waals surface area contributed by atoms with Crippen molar-refractivity contribution in [2.75, 3.05) is 18.4 Å². The lowest BCUT2D eigenvalue weighted by Crippen LogP contribution is -2.62. The summed E-state index contributed by atoms with van der Waals surface area (Å²) in [5.74, 6) is 2.62. The molecule has 0 spiro atoms. The van der Waals surface area contributed by atoms with Crippen LogP contribution in [-0.4, -0.2) is 45.2 Å². The smallest absolute Gasteiger partial charge is 0.318 e. The molecule has 204 valence electrons. The Morgan fingerprint density at radius 1 is 0.949 bits per heavy atom. The Kier molecular flexibility index (Phi) is 7.15. The van der Waals surface area contributed by atoms with Gasteiger partial charge in [0.1, 0.15) is 12.4 Å². The van der Waals surface area contributed by atoms with Crippen LogP contribution in [0.1, 0.15) is 58.3 Å². The van der Waals surface area contributed by atoms with E-state index < -0.39 is 0 Å². The molecule has 0 unspecified atom stereocenters. The number of nitrogens with zero attached hydrogens (tertiary/aromatic N) is 3. The minimum absolute atomic E-state index is 0.0127. The molecule has 0 radical (unpaired) electrons. The highest BCUT2D eigenvalue weighted by Gasteiger charge is 2.51. The molecular formula is C32H39N5O2. The summed E-state index contributed by atoms with van der Waals surface area (Å²) in [6.45, 7) is 2.69. The van der Waals surface area contributed by atoms with Crippen molar-refractivity contribution < 1.29 is 9.59 Å². The van der Waals surface area contributed by atoms with Gasteiger partial charge in [0.2, 0.25) is 5.91 Å². The summed E-state index contributed by atoms with van der Waals surface area (Å²) < 4.78 is 1.76. The summed E-state index contributed by atoms with van der Waals surface area (Å²) >= 11 is 0. The van der Waals surface area contributed by atoms with E-state index in [1.54, 1.807) is 9.58 Å². The molecule has 2 N–H and O–H groups in total. The fourth-order valence-corrected chi connectivity index (χ4v) is 7.51. The van der Waals surface area contributed by atoms with Gasteiger partial charge in [-0.25, -0.2) is 9.48 Å². The first-order valence-electron chi connectivity index (χ1n) is 14.6. The Morgan fingerprint density at radius 3 is 2.18 bits per heavy atom. The van der Waals surface area contributed by atoms with E-state index in [2.05, 4.69) is 17.6 Å². The number of carbonyl (C=O) groups is 2. The lowest BCUT2D eigenvalue weighted by Gasteiger charge is -2.57. The zero-order valence-electron chi connectivity index (χ0n) is 22.8. The first kappa shape index (κ1) is 25.7. The molecule has 4 bridgehead atoms. The average molecular weight is 526 g/mol. The monoisotopic (exact) mass is 525 g/mol. The summed E-state index contributed by atoms with van der Waals surface area (Å²) in [7, 11) is 0. The Hall–Kier alpha value is -3.61. The van der Waals surface area contributed by atoms with Gasteiger partial charge in [-0.2, -0.15) is 5.10 Å². The first-order valence-corrected chi connectivity index (χ1v) is 14.6. The van der Waals surface area contributed by atoms with Crippen LogP contribution in [0.15, 0.2) is 66.7 Å². The van der Waals surface area contributed by atoms with Crippen molar-refractivity contribution >= 4 is 17.8 Å². The van der Waals surface area contributed by atoms with E-state index in [1.165, 1.54) is 19.3 Å². The predicted octanol–water partition coefficient (Wildman–Crippen LogP) is 6.26. The number of nitrogens with one attached hydrogen (secondary N) is 2. The van der Waals surface area contributed by atoms with Gasteiger partial charge in [0.05, 0.1) is 11.4 Å². The quantitative estimate of drug-likeness (QED) is 0.346. The van der Waals surface area contributed by atoms with Crippen molar-refractivity contribution in [3.8, 4) is 16.9 Å². The number of anilines is 1. The molecule has 2 aromatic carbocycles. The second kappa shape index (κ2) is 10.9. The van der Waals surface area contributed by atoms with Crippen LogP contribution in [0.3, 0.4) is 0 Å². The summed E-state index contributed by atoms with van der Waals surface area (Å²) in [4.78, 5) is 28.7. The minimum Gasteiger partial charge on any atom is -0.333 e. The van der Waals surface area contributed by atoms with Gasteiger partial charge in [-0.15, -0.1) is 0 Å². The minimum atomic E-state index is -0.219. The number of benzene rings is 2. The van der Waals surface area contributed by atoms with Gasteiger partial charge in [0.15, 0.2) is 0 Å². The number of carbonyl (C=O) groups excluding carboxylic acids is 2. The molecule has 7 rings (SSSR count). The van der Waals surface area contributed by atoms with Gasteiger partial charge >= 0.3 is 6.03 Å². The highest BCUT2D eigenvalue weighted by atomic mass is 16.2. The van der Waals surface area contributed by atoms with Crippen LogP contribution in [0.5, 0.6) is 0 Å². The Bertz CT molecular complexity index is 1270. The Labute approximate surface area is 231 Å². The second-order valence-electron chi connectivity index (χ2n) is 12.0. The number of hydrogen-bond acceptors (Lipinski definition) is 3. The first-order chi connectivity index (χ1) is 19.0. The summed E-state index contributed by atoms with van der Waals surface area (Å²) in [5.41, 5.74) is 2.53. The van der Waals surface area contributed by atoms with Gasteiger partial charge in [-0.1, -0.05) is 61.9 Å². The zero-order valence-corrected chi connectivity index (χ0v) is 22.8. The number of amides is 3. The molecule has 4 saturated carbocycles. The zero-order chi connectivity index (χ0) is 26.8. The van der Waals surface area contributed by atoms with E-state index in [0.717, 1.165) is 66.8 Å². The number of unbranched alkanes of at least 4 members (excludes halogenated alkanes) is 1. The van der Waals surface area contributed by atoms with Gasteiger partial charge in [-0.05, 0) is 74.8 Å². The van der Waals surface area contributed by atoms with E-state index in [-0.39, 0.29) is 24.0 Å². The summed E-state index contributed by atoms with van der Waals surface area (Å²) in [6.07, 6.45) is 9.10. The van der Waals surface area contributed by atoms with Gasteiger partial charge in [0, 0.05) is 23.7 Å². The van der Waals surface area contributed by atoms with Crippen molar-refractivity contribution in [2.45, 2.75) is 63.8 Å². The van der Waals surface area contributed by atoms with Crippen LogP contribution < -0.4 is 10.6 Å².